The van der Waals surface area contributed by atoms with Crippen LogP contribution in [0.1, 0.15) is 21.6 Å². The van der Waals surface area contributed by atoms with Crippen molar-refractivity contribution >= 4 is 22.9 Å². The summed E-state index contributed by atoms with van der Waals surface area (Å²) in [5, 5.41) is 4.86. The smallest absolute Gasteiger partial charge is 0.255 e. The number of nitrogens with one attached hydrogen (secondary N) is 1. The SMILES string of the molecule is Cc1cccc(Oc2ccccc2NC(=O)c2cccc(OCc3cscn3)c2)c1. The third-order valence-corrected chi connectivity index (χ3v) is 4.95. The topological polar surface area (TPSA) is 60.5 Å². The van der Waals surface area contributed by atoms with E-state index in [0.29, 0.717) is 35.1 Å². The van der Waals surface area contributed by atoms with E-state index in [1.165, 1.54) is 11.3 Å². The Morgan fingerprint density at radius 1 is 1.00 bits per heavy atom. The lowest BCUT2D eigenvalue weighted by Crippen LogP contribution is -2.12. The highest BCUT2D eigenvalue weighted by molar-refractivity contribution is 7.07. The van der Waals surface area contributed by atoms with Crippen molar-refractivity contribution in [2.45, 2.75) is 13.5 Å². The highest BCUT2D eigenvalue weighted by Crippen LogP contribution is 2.30. The molecule has 0 aliphatic rings. The number of ether oxygens (including phenoxy) is 2. The minimum absolute atomic E-state index is 0.241. The summed E-state index contributed by atoms with van der Waals surface area (Å²) >= 11 is 1.52. The van der Waals surface area contributed by atoms with Crippen LogP contribution in [0.15, 0.2) is 83.7 Å². The van der Waals surface area contributed by atoms with Gasteiger partial charge in [-0.05, 0) is 55.0 Å². The summed E-state index contributed by atoms with van der Waals surface area (Å²) in [6.07, 6.45) is 0. The van der Waals surface area contributed by atoms with Gasteiger partial charge in [0.1, 0.15) is 18.1 Å². The fraction of sp³-hybridized carbons (Fsp3) is 0.0833. The van der Waals surface area contributed by atoms with Crippen LogP contribution in [0.4, 0.5) is 5.69 Å². The zero-order chi connectivity index (χ0) is 20.8. The molecule has 0 atom stereocenters. The van der Waals surface area contributed by atoms with Gasteiger partial charge in [0.05, 0.1) is 16.9 Å². The van der Waals surface area contributed by atoms with Crippen LogP contribution in [-0.2, 0) is 6.61 Å². The van der Waals surface area contributed by atoms with Crippen LogP contribution < -0.4 is 14.8 Å². The molecule has 3 aromatic carbocycles. The molecule has 5 nitrogen and oxygen atoms in total. The molecule has 0 saturated carbocycles. The normalized spacial score (nSPS) is 10.4. The van der Waals surface area contributed by atoms with Gasteiger partial charge in [-0.25, -0.2) is 4.98 Å². The lowest BCUT2D eigenvalue weighted by atomic mass is 10.2. The molecule has 0 aliphatic carbocycles. The molecule has 0 radical (unpaired) electrons. The van der Waals surface area contributed by atoms with Crippen molar-refractivity contribution in [2.24, 2.45) is 0 Å². The van der Waals surface area contributed by atoms with Crippen molar-refractivity contribution in [3.8, 4) is 17.2 Å². The van der Waals surface area contributed by atoms with Gasteiger partial charge in [0.15, 0.2) is 5.75 Å². The molecular formula is C24H20N2O3S. The van der Waals surface area contributed by atoms with Crippen molar-refractivity contribution < 1.29 is 14.3 Å². The summed E-state index contributed by atoms with van der Waals surface area (Å²) in [6, 6.07) is 22.2. The molecule has 30 heavy (non-hydrogen) atoms. The van der Waals surface area contributed by atoms with Gasteiger partial charge < -0.3 is 14.8 Å². The van der Waals surface area contributed by atoms with E-state index >= 15 is 0 Å². The van der Waals surface area contributed by atoms with Gasteiger partial charge in [-0.2, -0.15) is 0 Å². The molecular weight excluding hydrogens is 396 g/mol. The van der Waals surface area contributed by atoms with Crippen LogP contribution in [0.25, 0.3) is 0 Å². The van der Waals surface area contributed by atoms with E-state index < -0.39 is 0 Å². The first kappa shape index (κ1) is 19.7. The highest BCUT2D eigenvalue weighted by Gasteiger charge is 2.12. The van der Waals surface area contributed by atoms with Gasteiger partial charge in [0.2, 0.25) is 0 Å². The van der Waals surface area contributed by atoms with Crippen molar-refractivity contribution in [1.29, 1.82) is 0 Å². The Morgan fingerprint density at radius 3 is 2.67 bits per heavy atom. The minimum atomic E-state index is -0.241. The van der Waals surface area contributed by atoms with E-state index in [0.717, 1.165) is 11.3 Å². The van der Waals surface area contributed by atoms with Crippen molar-refractivity contribution in [1.82, 2.24) is 4.98 Å². The number of nitrogens with zero attached hydrogens (tertiary/aromatic N) is 1. The van der Waals surface area contributed by atoms with Gasteiger partial charge in [-0.1, -0.05) is 30.3 Å². The molecule has 4 rings (SSSR count). The van der Waals surface area contributed by atoms with Crippen LogP contribution in [0.5, 0.6) is 17.2 Å². The quantitative estimate of drug-likeness (QED) is 0.397. The van der Waals surface area contributed by atoms with Crippen molar-refractivity contribution in [2.75, 3.05) is 5.32 Å². The van der Waals surface area contributed by atoms with E-state index in [9.17, 15) is 4.79 Å². The molecule has 0 aliphatic heterocycles. The zero-order valence-corrected chi connectivity index (χ0v) is 17.2. The molecule has 1 amide bonds. The highest BCUT2D eigenvalue weighted by atomic mass is 32.1. The molecule has 0 unspecified atom stereocenters. The number of carbonyl (C=O) groups excluding carboxylic acids is 1. The van der Waals surface area contributed by atoms with Gasteiger partial charge in [-0.15, -0.1) is 11.3 Å². The summed E-state index contributed by atoms with van der Waals surface area (Å²) in [5.74, 6) is 1.66. The average molecular weight is 417 g/mol. The maximum Gasteiger partial charge on any atom is 0.255 e. The number of thiazole rings is 1. The monoisotopic (exact) mass is 416 g/mol. The summed E-state index contributed by atoms with van der Waals surface area (Å²) in [5.41, 5.74) is 4.81. The lowest BCUT2D eigenvalue weighted by Gasteiger charge is -2.13. The molecule has 1 aromatic heterocycles. The van der Waals surface area contributed by atoms with Crippen LogP contribution >= 0.6 is 11.3 Å². The number of aryl methyl sites for hydroxylation is 1. The molecule has 0 spiro atoms. The molecule has 0 bridgehead atoms. The number of rotatable bonds is 7. The fourth-order valence-electron chi connectivity index (χ4n) is 2.85. The molecule has 0 saturated heterocycles. The minimum Gasteiger partial charge on any atom is -0.487 e. The van der Waals surface area contributed by atoms with Crippen LogP contribution in [0.3, 0.4) is 0 Å². The van der Waals surface area contributed by atoms with E-state index in [2.05, 4.69) is 10.3 Å². The van der Waals surface area contributed by atoms with Crippen molar-refractivity contribution in [3.63, 3.8) is 0 Å². The standard InChI is InChI=1S/C24H20N2O3S/c1-17-6-4-9-21(12-17)29-23-11-3-2-10-22(23)26-24(27)18-7-5-8-20(13-18)28-14-19-15-30-16-25-19/h2-13,15-16H,14H2,1H3,(H,26,27). The molecule has 6 heteroatoms. The van der Waals surface area contributed by atoms with E-state index in [1.54, 1.807) is 23.7 Å². The number of carbonyl (C=O) groups is 1. The Balaban J connectivity index is 1.47. The molecule has 0 fully saturated rings. The maximum absolute atomic E-state index is 12.8. The summed E-state index contributed by atoms with van der Waals surface area (Å²) in [4.78, 5) is 17.0. The Morgan fingerprint density at radius 2 is 1.83 bits per heavy atom. The lowest BCUT2D eigenvalue weighted by molar-refractivity contribution is 0.102. The van der Waals surface area contributed by atoms with Crippen LogP contribution in [0.2, 0.25) is 0 Å². The summed E-state index contributed by atoms with van der Waals surface area (Å²) in [7, 11) is 0. The second-order valence-electron chi connectivity index (χ2n) is 6.67. The predicted octanol–water partition coefficient (Wildman–Crippen LogP) is 6.08. The van der Waals surface area contributed by atoms with Gasteiger partial charge >= 0.3 is 0 Å². The average Bonchev–Trinajstić information content (AvgIpc) is 3.28. The van der Waals surface area contributed by atoms with Crippen molar-refractivity contribution in [3.05, 3.63) is 101 Å². The Labute approximate surface area is 178 Å². The Hall–Kier alpha value is -3.64. The van der Waals surface area contributed by atoms with Gasteiger partial charge in [-0.3, -0.25) is 4.79 Å². The van der Waals surface area contributed by atoms with E-state index in [4.69, 9.17) is 9.47 Å². The van der Waals surface area contributed by atoms with E-state index in [-0.39, 0.29) is 5.91 Å². The number of benzene rings is 3. The number of amides is 1. The zero-order valence-electron chi connectivity index (χ0n) is 16.4. The van der Waals surface area contributed by atoms with Gasteiger partial charge in [0.25, 0.3) is 5.91 Å². The molecule has 1 N–H and O–H groups in total. The predicted molar refractivity (Wildman–Crippen MR) is 119 cm³/mol. The third-order valence-electron chi connectivity index (χ3n) is 4.32. The second-order valence-corrected chi connectivity index (χ2v) is 7.38. The number of hydrogen-bond acceptors (Lipinski definition) is 5. The van der Waals surface area contributed by atoms with Crippen LogP contribution in [0, 0.1) is 6.92 Å². The molecule has 4 aromatic rings. The first-order valence-corrected chi connectivity index (χ1v) is 10.4. The summed E-state index contributed by atoms with van der Waals surface area (Å²) < 4.78 is 11.7. The summed E-state index contributed by atoms with van der Waals surface area (Å²) in [6.45, 7) is 2.37. The number of para-hydroxylation sites is 2. The molecule has 150 valence electrons. The largest absolute Gasteiger partial charge is 0.487 e. The first-order valence-electron chi connectivity index (χ1n) is 9.42. The second kappa shape index (κ2) is 9.24. The number of aromatic nitrogens is 1. The maximum atomic E-state index is 12.8. The Bertz CT molecular complexity index is 1140. The number of hydrogen-bond donors (Lipinski definition) is 1. The first-order chi connectivity index (χ1) is 14.7. The fourth-order valence-corrected chi connectivity index (χ4v) is 3.40. The van der Waals surface area contributed by atoms with Crippen LogP contribution in [-0.4, -0.2) is 10.9 Å². The molecule has 1 heterocycles. The Kier molecular flexibility index (Phi) is 6.06. The third kappa shape index (κ3) is 5.04. The van der Waals surface area contributed by atoms with E-state index in [1.807, 2.05) is 66.9 Å². The number of anilines is 1. The van der Waals surface area contributed by atoms with Gasteiger partial charge in [0, 0.05) is 10.9 Å².